The molecule has 5 aromatic rings. The quantitative estimate of drug-likeness (QED) is 0.281. The van der Waals surface area contributed by atoms with Gasteiger partial charge in [0.05, 0.1) is 22.8 Å². The molecule has 0 amide bonds. The van der Waals surface area contributed by atoms with Crippen molar-refractivity contribution >= 4 is 27.5 Å². The molecule has 11 heteroatoms. The summed E-state index contributed by atoms with van der Waals surface area (Å²) in [5, 5.41) is 20.7. The van der Waals surface area contributed by atoms with Crippen molar-refractivity contribution in [1.29, 1.82) is 0 Å². The summed E-state index contributed by atoms with van der Waals surface area (Å²) in [5.74, 6) is 2.70. The molecule has 3 saturated heterocycles. The predicted molar refractivity (Wildman–Crippen MR) is 172 cm³/mol. The van der Waals surface area contributed by atoms with E-state index in [1.165, 1.54) is 17.3 Å². The number of nitrogens with one attached hydrogen (secondary N) is 1. The van der Waals surface area contributed by atoms with E-state index >= 15 is 4.39 Å². The van der Waals surface area contributed by atoms with E-state index in [2.05, 4.69) is 31.1 Å². The minimum absolute atomic E-state index is 0.00614. The zero-order valence-electron chi connectivity index (χ0n) is 25.5. The number of hydrogen-bond acceptors (Lipinski definition) is 9. The molecule has 3 aromatic heterocycles. The molecule has 7 heterocycles. The fourth-order valence-electron chi connectivity index (χ4n) is 8.32. The predicted octanol–water partition coefficient (Wildman–Crippen LogP) is 4.23. The van der Waals surface area contributed by atoms with E-state index in [0.29, 0.717) is 51.8 Å². The second-order valence-electron chi connectivity index (χ2n) is 13.1. The summed E-state index contributed by atoms with van der Waals surface area (Å²) in [7, 11) is 1.98. The summed E-state index contributed by atoms with van der Waals surface area (Å²) in [6.45, 7) is 3.65. The number of anilines is 1. The van der Waals surface area contributed by atoms with Gasteiger partial charge >= 0.3 is 6.01 Å². The highest BCUT2D eigenvalue weighted by Crippen LogP contribution is 2.47. The number of hydrogen-bond donors (Lipinski definition) is 2. The Morgan fingerprint density at radius 2 is 2.02 bits per heavy atom. The van der Waals surface area contributed by atoms with E-state index in [9.17, 15) is 5.11 Å². The molecule has 4 aliphatic heterocycles. The van der Waals surface area contributed by atoms with Gasteiger partial charge in [-0.25, -0.2) is 4.39 Å². The highest BCUT2D eigenvalue weighted by atomic mass is 19.1. The Labute approximate surface area is 265 Å². The number of pyridine rings is 1. The Hall–Kier alpha value is -4.79. The lowest BCUT2D eigenvalue weighted by Gasteiger charge is -2.34. The maximum Gasteiger partial charge on any atom is 0.319 e. The molecule has 2 N–H and O–H groups in total. The molecule has 9 rings (SSSR count). The fourth-order valence-corrected chi connectivity index (χ4v) is 8.32. The van der Waals surface area contributed by atoms with Crippen LogP contribution < -0.4 is 15.0 Å². The number of phenols is 1. The van der Waals surface area contributed by atoms with Gasteiger partial charge in [0.1, 0.15) is 29.4 Å². The first-order chi connectivity index (χ1) is 22.4. The zero-order valence-corrected chi connectivity index (χ0v) is 25.5. The Morgan fingerprint density at radius 3 is 2.85 bits per heavy atom. The van der Waals surface area contributed by atoms with Crippen LogP contribution in [0.25, 0.3) is 32.9 Å². The molecule has 3 fully saturated rings. The summed E-state index contributed by atoms with van der Waals surface area (Å²) >= 11 is 0. The molecule has 1 unspecified atom stereocenters. The van der Waals surface area contributed by atoms with Crippen molar-refractivity contribution in [2.45, 2.75) is 49.9 Å². The Bertz CT molecular complexity index is 2090. The molecule has 2 aromatic carbocycles. The zero-order chi connectivity index (χ0) is 31.2. The van der Waals surface area contributed by atoms with Crippen LogP contribution in [0.5, 0.6) is 11.8 Å². The summed E-state index contributed by atoms with van der Waals surface area (Å²) in [6, 6.07) is 9.41. The first-order valence-corrected chi connectivity index (χ1v) is 15.9. The first kappa shape index (κ1) is 27.5. The number of terminal acetylenes is 1. The van der Waals surface area contributed by atoms with E-state index in [1.54, 1.807) is 18.3 Å². The van der Waals surface area contributed by atoms with Crippen LogP contribution in [0.2, 0.25) is 0 Å². The molecule has 0 saturated carbocycles. The number of benzene rings is 2. The second-order valence-corrected chi connectivity index (χ2v) is 13.1. The van der Waals surface area contributed by atoms with Crippen LogP contribution in [-0.4, -0.2) is 73.1 Å². The molecule has 0 radical (unpaired) electrons. The van der Waals surface area contributed by atoms with Crippen LogP contribution in [0.4, 0.5) is 10.2 Å². The molecule has 4 aliphatic rings. The van der Waals surface area contributed by atoms with Crippen molar-refractivity contribution in [2.75, 3.05) is 31.1 Å². The second kappa shape index (κ2) is 10.1. The number of fused-ring (bicyclic) bond motifs is 7. The first-order valence-electron chi connectivity index (χ1n) is 15.9. The monoisotopic (exact) mass is 616 g/mol. The Kier molecular flexibility index (Phi) is 6.05. The standard InChI is InChI=1S/C35H33FN8O2/c1-3-20-6-4-7-21-12-24(45)13-25(29(20)21)31-30(36)32-26(14-37-31)33(43-16-22-8-9-23(17-43)39-22)41-34(40-32)46-19-35-10-5-11-44(35)18-28-27(35)15-38-42(28)2/h1,4,6-7,12-15,22-23,39,45H,5,8-11,16-19H2,2H3/t22-,23+,35?. The van der Waals surface area contributed by atoms with Gasteiger partial charge < -0.3 is 20.1 Å². The van der Waals surface area contributed by atoms with E-state index < -0.39 is 5.82 Å². The van der Waals surface area contributed by atoms with E-state index in [0.717, 1.165) is 51.9 Å². The van der Waals surface area contributed by atoms with Crippen LogP contribution in [0, 0.1) is 18.2 Å². The number of phenolic OH excluding ortho intramolecular Hbond substituents is 1. The lowest BCUT2D eigenvalue weighted by Crippen LogP contribution is -2.51. The molecule has 3 atom stereocenters. The molecule has 0 spiro atoms. The SMILES string of the molecule is C#Cc1cccc2cc(O)cc(-c3ncc4c(N5C[C@H]6CC[C@@H](C5)N6)nc(OCC56CCCN5Cc5c6cnn5C)nc4c3F)c12. The molecule has 10 nitrogen and oxygen atoms in total. The van der Waals surface area contributed by atoms with Gasteiger partial charge in [-0.15, -0.1) is 6.42 Å². The molecule has 46 heavy (non-hydrogen) atoms. The molecule has 232 valence electrons. The highest BCUT2D eigenvalue weighted by molar-refractivity contribution is 6.02. The average molecular weight is 617 g/mol. The smallest absolute Gasteiger partial charge is 0.319 e. The van der Waals surface area contributed by atoms with Gasteiger partial charge in [-0.3, -0.25) is 14.6 Å². The third-order valence-electron chi connectivity index (χ3n) is 10.5. The van der Waals surface area contributed by atoms with Crippen molar-refractivity contribution in [3.63, 3.8) is 0 Å². The van der Waals surface area contributed by atoms with E-state index in [-0.39, 0.29) is 28.5 Å². The summed E-state index contributed by atoms with van der Waals surface area (Å²) in [5.41, 5.74) is 3.24. The van der Waals surface area contributed by atoms with Crippen molar-refractivity contribution in [3.05, 3.63) is 65.4 Å². The highest BCUT2D eigenvalue weighted by Gasteiger charge is 2.50. The van der Waals surface area contributed by atoms with Gasteiger partial charge in [-0.1, -0.05) is 18.1 Å². The number of aryl methyl sites for hydroxylation is 1. The average Bonchev–Trinajstić information content (AvgIpc) is 3.80. The van der Waals surface area contributed by atoms with E-state index in [1.807, 2.05) is 30.1 Å². The van der Waals surface area contributed by atoms with Gasteiger partial charge in [0, 0.05) is 67.0 Å². The molecular formula is C35H33FN8O2. The van der Waals surface area contributed by atoms with Gasteiger partial charge in [0.2, 0.25) is 0 Å². The maximum atomic E-state index is 16.9. The number of aromatic nitrogens is 5. The third-order valence-corrected chi connectivity index (χ3v) is 10.5. The molecule has 2 bridgehead atoms. The van der Waals surface area contributed by atoms with Crippen molar-refractivity contribution in [1.82, 2.24) is 34.9 Å². The molecule has 0 aliphatic carbocycles. The minimum atomic E-state index is -0.612. The lowest BCUT2D eigenvalue weighted by atomic mass is 9.92. The molecular weight excluding hydrogens is 583 g/mol. The number of ether oxygens (including phenoxy) is 1. The van der Waals surface area contributed by atoms with Crippen LogP contribution in [0.15, 0.2) is 42.7 Å². The number of nitrogens with zero attached hydrogens (tertiary/aromatic N) is 7. The number of aromatic hydroxyl groups is 1. The Balaban J connectivity index is 1.19. The van der Waals surface area contributed by atoms with Crippen molar-refractivity contribution < 1.29 is 14.2 Å². The van der Waals surface area contributed by atoms with Gasteiger partial charge in [0.15, 0.2) is 5.82 Å². The summed E-state index contributed by atoms with van der Waals surface area (Å²) in [4.78, 5) is 19.0. The van der Waals surface area contributed by atoms with Crippen molar-refractivity contribution in [3.8, 4) is 35.4 Å². The van der Waals surface area contributed by atoms with E-state index in [4.69, 9.17) is 21.1 Å². The summed E-state index contributed by atoms with van der Waals surface area (Å²) < 4.78 is 25.3. The van der Waals surface area contributed by atoms with Gasteiger partial charge in [-0.2, -0.15) is 15.1 Å². The Morgan fingerprint density at radius 1 is 1.17 bits per heavy atom. The third kappa shape index (κ3) is 4.03. The summed E-state index contributed by atoms with van der Waals surface area (Å²) in [6.07, 6.45) is 13.6. The normalized spacial score (nSPS) is 23.6. The fraction of sp³-hybridized carbons (Fsp3) is 0.371. The number of rotatable bonds is 5. The van der Waals surface area contributed by atoms with Crippen LogP contribution in [0.1, 0.15) is 42.5 Å². The number of halogens is 1. The minimum Gasteiger partial charge on any atom is -0.508 e. The van der Waals surface area contributed by atoms with Crippen LogP contribution >= 0.6 is 0 Å². The topological polar surface area (TPSA) is 104 Å². The van der Waals surface area contributed by atoms with Crippen LogP contribution in [0.3, 0.4) is 0 Å². The van der Waals surface area contributed by atoms with Gasteiger partial charge in [-0.05, 0) is 55.8 Å². The largest absolute Gasteiger partial charge is 0.508 e. The maximum absolute atomic E-state index is 16.9. The van der Waals surface area contributed by atoms with Crippen LogP contribution in [-0.2, 0) is 19.1 Å². The van der Waals surface area contributed by atoms with Crippen molar-refractivity contribution in [2.24, 2.45) is 7.05 Å². The lowest BCUT2D eigenvalue weighted by molar-refractivity contribution is 0.0814. The van der Waals surface area contributed by atoms with Gasteiger partial charge in [0.25, 0.3) is 0 Å². The number of piperazine rings is 1.